The molecule has 0 unspecified atom stereocenters. The number of carbonyl (C=O) groups is 1. The highest BCUT2D eigenvalue weighted by molar-refractivity contribution is 6.32. The van der Waals surface area contributed by atoms with Gasteiger partial charge in [-0.3, -0.25) is 0 Å². The zero-order chi connectivity index (χ0) is 15.2. The third-order valence-corrected chi connectivity index (χ3v) is 3.07. The molecule has 0 aliphatic heterocycles. The average Bonchev–Trinajstić information content (AvgIpc) is 2.47. The lowest BCUT2D eigenvalue weighted by molar-refractivity contribution is 0.251. The summed E-state index contributed by atoms with van der Waals surface area (Å²) in [6.45, 7) is 0.302. The van der Waals surface area contributed by atoms with Crippen molar-refractivity contribution in [1.82, 2.24) is 5.32 Å². The molecule has 0 saturated carbocycles. The number of ether oxygens (including phenoxy) is 1. The second kappa shape index (κ2) is 6.95. The second-order valence-electron chi connectivity index (χ2n) is 4.28. The highest BCUT2D eigenvalue weighted by Gasteiger charge is 2.05. The molecule has 110 valence electrons. The van der Waals surface area contributed by atoms with Gasteiger partial charge in [-0.2, -0.15) is 0 Å². The van der Waals surface area contributed by atoms with Gasteiger partial charge in [0.1, 0.15) is 11.6 Å². The maximum atomic E-state index is 12.8. The summed E-state index contributed by atoms with van der Waals surface area (Å²) in [5, 5.41) is 5.73. The zero-order valence-electron chi connectivity index (χ0n) is 11.3. The summed E-state index contributed by atoms with van der Waals surface area (Å²) in [5.41, 5.74) is 1.36. The quantitative estimate of drug-likeness (QED) is 0.902. The van der Waals surface area contributed by atoms with Crippen molar-refractivity contribution in [2.45, 2.75) is 6.54 Å². The highest BCUT2D eigenvalue weighted by Crippen LogP contribution is 2.27. The molecule has 0 spiro atoms. The first-order valence-electron chi connectivity index (χ1n) is 6.21. The van der Waals surface area contributed by atoms with E-state index in [1.165, 1.54) is 19.2 Å². The maximum Gasteiger partial charge on any atom is 0.319 e. The Morgan fingerprint density at radius 3 is 2.57 bits per heavy atom. The van der Waals surface area contributed by atoms with E-state index in [4.69, 9.17) is 16.3 Å². The van der Waals surface area contributed by atoms with Crippen LogP contribution in [0.5, 0.6) is 5.75 Å². The summed E-state index contributed by atoms with van der Waals surface area (Å²) < 4.78 is 17.8. The molecule has 2 aromatic rings. The number of carbonyl (C=O) groups excluding carboxylic acids is 1. The van der Waals surface area contributed by atoms with Gasteiger partial charge in [0.25, 0.3) is 0 Å². The Hall–Kier alpha value is -2.27. The molecule has 0 aliphatic carbocycles. The molecule has 0 atom stereocenters. The van der Waals surface area contributed by atoms with Crippen LogP contribution in [0.2, 0.25) is 5.02 Å². The van der Waals surface area contributed by atoms with Crippen molar-refractivity contribution in [3.8, 4) is 5.75 Å². The van der Waals surface area contributed by atoms with Crippen LogP contribution in [0.15, 0.2) is 42.5 Å². The molecule has 2 rings (SSSR count). The molecule has 0 aromatic heterocycles. The summed E-state index contributed by atoms with van der Waals surface area (Å²) >= 11 is 5.97. The Bertz CT molecular complexity index is 632. The Labute approximate surface area is 126 Å². The lowest BCUT2D eigenvalue weighted by atomic mass is 10.2. The smallest absolute Gasteiger partial charge is 0.319 e. The third kappa shape index (κ3) is 4.36. The van der Waals surface area contributed by atoms with E-state index in [1.54, 1.807) is 30.3 Å². The molecule has 0 aliphatic rings. The molecular weight excluding hydrogens is 295 g/mol. The number of amides is 2. The number of urea groups is 1. The van der Waals surface area contributed by atoms with Gasteiger partial charge < -0.3 is 15.4 Å². The van der Waals surface area contributed by atoms with Crippen LogP contribution in [-0.4, -0.2) is 13.1 Å². The predicted octanol–water partition coefficient (Wildman–Crippen LogP) is 3.81. The fraction of sp³-hybridized carbons (Fsp3) is 0.133. The lowest BCUT2D eigenvalue weighted by Crippen LogP contribution is -2.28. The van der Waals surface area contributed by atoms with Gasteiger partial charge >= 0.3 is 6.03 Å². The number of hydrogen-bond donors (Lipinski definition) is 2. The number of hydrogen-bond acceptors (Lipinski definition) is 2. The number of nitrogens with one attached hydrogen (secondary N) is 2. The zero-order valence-corrected chi connectivity index (χ0v) is 12.1. The summed E-state index contributed by atoms with van der Waals surface area (Å²) in [6.07, 6.45) is 0. The number of benzene rings is 2. The Morgan fingerprint density at radius 1 is 1.24 bits per heavy atom. The van der Waals surface area contributed by atoms with Gasteiger partial charge in [0.15, 0.2) is 0 Å². The van der Waals surface area contributed by atoms with Crippen LogP contribution in [0.1, 0.15) is 5.56 Å². The molecule has 21 heavy (non-hydrogen) atoms. The predicted molar refractivity (Wildman–Crippen MR) is 80.3 cm³/mol. The highest BCUT2D eigenvalue weighted by atomic mass is 35.5. The normalized spacial score (nSPS) is 10.0. The van der Waals surface area contributed by atoms with Crippen molar-refractivity contribution in [3.63, 3.8) is 0 Å². The van der Waals surface area contributed by atoms with E-state index in [9.17, 15) is 9.18 Å². The molecule has 2 aromatic carbocycles. The van der Waals surface area contributed by atoms with Crippen molar-refractivity contribution in [1.29, 1.82) is 0 Å². The van der Waals surface area contributed by atoms with Crippen LogP contribution in [0.25, 0.3) is 0 Å². The standard InChI is InChI=1S/C15H14ClFN2O2/c1-21-14-7-6-12(8-13(14)16)19-15(20)18-9-10-2-4-11(17)5-3-10/h2-8H,9H2,1H3,(H2,18,19,20). The minimum Gasteiger partial charge on any atom is -0.495 e. The first-order valence-corrected chi connectivity index (χ1v) is 6.59. The van der Waals surface area contributed by atoms with Gasteiger partial charge in [-0.05, 0) is 35.9 Å². The number of anilines is 1. The van der Waals surface area contributed by atoms with E-state index in [0.717, 1.165) is 5.56 Å². The molecule has 0 saturated heterocycles. The van der Waals surface area contributed by atoms with Crippen molar-refractivity contribution >= 4 is 23.3 Å². The second-order valence-corrected chi connectivity index (χ2v) is 4.69. The Balaban J connectivity index is 1.89. The van der Waals surface area contributed by atoms with E-state index >= 15 is 0 Å². The van der Waals surface area contributed by atoms with Gasteiger partial charge in [-0.25, -0.2) is 9.18 Å². The average molecular weight is 309 g/mol. The van der Waals surface area contributed by atoms with Gasteiger partial charge in [-0.1, -0.05) is 23.7 Å². The van der Waals surface area contributed by atoms with Crippen molar-refractivity contribution in [2.24, 2.45) is 0 Å². The maximum absolute atomic E-state index is 12.8. The topological polar surface area (TPSA) is 50.4 Å². The molecule has 2 N–H and O–H groups in total. The van der Waals surface area contributed by atoms with Gasteiger partial charge in [-0.15, -0.1) is 0 Å². The van der Waals surface area contributed by atoms with E-state index in [-0.39, 0.29) is 11.8 Å². The molecule has 4 nitrogen and oxygen atoms in total. The molecule has 0 radical (unpaired) electrons. The van der Waals surface area contributed by atoms with Crippen LogP contribution >= 0.6 is 11.6 Å². The minimum absolute atomic E-state index is 0.302. The fourth-order valence-corrected chi connectivity index (χ4v) is 1.96. The van der Waals surface area contributed by atoms with E-state index in [1.807, 2.05) is 0 Å². The van der Waals surface area contributed by atoms with E-state index in [2.05, 4.69) is 10.6 Å². The summed E-state index contributed by atoms with van der Waals surface area (Å²) in [6, 6.07) is 10.5. The van der Waals surface area contributed by atoms with Crippen molar-refractivity contribution in [3.05, 3.63) is 58.9 Å². The number of rotatable bonds is 4. The van der Waals surface area contributed by atoms with Crippen LogP contribution in [-0.2, 0) is 6.54 Å². The number of halogens is 2. The summed E-state index contributed by atoms with van der Waals surface area (Å²) in [4.78, 5) is 11.7. The molecule has 0 fully saturated rings. The van der Waals surface area contributed by atoms with Crippen LogP contribution in [0.4, 0.5) is 14.9 Å². The van der Waals surface area contributed by atoms with E-state index < -0.39 is 0 Å². The van der Waals surface area contributed by atoms with Crippen LogP contribution in [0.3, 0.4) is 0 Å². The molecular formula is C15H14ClFN2O2. The minimum atomic E-state index is -0.374. The van der Waals surface area contributed by atoms with Gasteiger partial charge in [0, 0.05) is 12.2 Å². The van der Waals surface area contributed by atoms with Crippen LogP contribution in [0, 0.1) is 5.82 Å². The number of methoxy groups -OCH3 is 1. The molecule has 0 bridgehead atoms. The van der Waals surface area contributed by atoms with Gasteiger partial charge in [0.05, 0.1) is 12.1 Å². The van der Waals surface area contributed by atoms with Crippen molar-refractivity contribution in [2.75, 3.05) is 12.4 Å². The third-order valence-electron chi connectivity index (χ3n) is 2.78. The largest absolute Gasteiger partial charge is 0.495 e. The summed E-state index contributed by atoms with van der Waals surface area (Å²) in [7, 11) is 1.52. The Morgan fingerprint density at radius 2 is 1.95 bits per heavy atom. The first kappa shape index (κ1) is 15.1. The van der Waals surface area contributed by atoms with Crippen molar-refractivity contribution < 1.29 is 13.9 Å². The molecule has 0 heterocycles. The summed E-state index contributed by atoms with van der Waals surface area (Å²) in [5.74, 6) is 0.227. The Kier molecular flexibility index (Phi) is 5.00. The SMILES string of the molecule is COc1ccc(NC(=O)NCc2ccc(F)cc2)cc1Cl. The van der Waals surface area contributed by atoms with Crippen LogP contribution < -0.4 is 15.4 Å². The van der Waals surface area contributed by atoms with E-state index in [0.29, 0.717) is 23.0 Å². The lowest BCUT2D eigenvalue weighted by Gasteiger charge is -2.09. The monoisotopic (exact) mass is 308 g/mol. The first-order chi connectivity index (χ1) is 10.1. The fourth-order valence-electron chi connectivity index (χ4n) is 1.70. The molecule has 2 amide bonds. The molecule has 6 heteroatoms. The van der Waals surface area contributed by atoms with Gasteiger partial charge in [0.2, 0.25) is 0 Å².